The van der Waals surface area contributed by atoms with Crippen molar-refractivity contribution in [2.45, 2.75) is 32.1 Å². The number of unbranched alkanes of at least 4 members (excludes halogenated alkanes) is 1. The van der Waals surface area contributed by atoms with Crippen molar-refractivity contribution in [3.63, 3.8) is 0 Å². The first-order chi connectivity index (χ1) is 10.1. The first-order valence-electron chi connectivity index (χ1n) is 6.92. The van der Waals surface area contributed by atoms with Crippen LogP contribution in [0.2, 0.25) is 0 Å². The number of halogens is 1. The van der Waals surface area contributed by atoms with Crippen LogP contribution >= 0.6 is 15.9 Å². The maximum atomic E-state index is 12.2. The number of fused-ring (bicyclic) bond motifs is 1. The first kappa shape index (κ1) is 15.8. The summed E-state index contributed by atoms with van der Waals surface area (Å²) in [4.78, 5) is 22.6. The number of ketones is 1. The van der Waals surface area contributed by atoms with Gasteiger partial charge in [0.25, 0.3) is 0 Å². The summed E-state index contributed by atoms with van der Waals surface area (Å²) in [7, 11) is 0. The van der Waals surface area contributed by atoms with Crippen molar-refractivity contribution >= 4 is 27.7 Å². The Morgan fingerprint density at radius 3 is 2.38 bits per heavy atom. The Morgan fingerprint density at radius 1 is 1.10 bits per heavy atom. The highest BCUT2D eigenvalue weighted by Gasteiger charge is 2.17. The summed E-state index contributed by atoms with van der Waals surface area (Å²) in [6, 6.07) is 3.45. The molecule has 0 amide bonds. The SMILES string of the molecule is O=C(O)CCCCC(=O)c1cc2c(cc1Br)OCCCO2. The number of rotatable bonds is 6. The summed E-state index contributed by atoms with van der Waals surface area (Å²) in [5, 5.41) is 8.58. The van der Waals surface area contributed by atoms with Crippen LogP contribution in [0.3, 0.4) is 0 Å². The third-order valence-corrected chi connectivity index (χ3v) is 3.84. The maximum absolute atomic E-state index is 12.2. The molecule has 21 heavy (non-hydrogen) atoms. The van der Waals surface area contributed by atoms with Gasteiger partial charge in [-0.25, -0.2) is 0 Å². The second-order valence-corrected chi connectivity index (χ2v) is 5.71. The molecule has 1 aromatic rings. The van der Waals surface area contributed by atoms with E-state index in [1.165, 1.54) is 0 Å². The molecule has 1 aliphatic rings. The van der Waals surface area contributed by atoms with E-state index < -0.39 is 5.97 Å². The van der Waals surface area contributed by atoms with Crippen molar-refractivity contribution in [2.24, 2.45) is 0 Å². The van der Waals surface area contributed by atoms with E-state index in [0.29, 0.717) is 54.0 Å². The number of ether oxygens (including phenoxy) is 2. The Hall–Kier alpha value is -1.56. The molecular weight excluding hydrogens is 340 g/mol. The zero-order valence-corrected chi connectivity index (χ0v) is 13.1. The second-order valence-electron chi connectivity index (χ2n) is 4.85. The number of benzene rings is 1. The number of carbonyl (C=O) groups excluding carboxylic acids is 1. The van der Waals surface area contributed by atoms with Crippen LogP contribution in [0.1, 0.15) is 42.5 Å². The highest BCUT2D eigenvalue weighted by atomic mass is 79.9. The number of carboxylic acids is 1. The molecule has 0 bridgehead atoms. The van der Waals surface area contributed by atoms with Gasteiger partial charge in [-0.2, -0.15) is 0 Å². The predicted molar refractivity (Wildman–Crippen MR) is 80.2 cm³/mol. The van der Waals surface area contributed by atoms with E-state index >= 15 is 0 Å². The molecule has 0 radical (unpaired) electrons. The van der Waals surface area contributed by atoms with Gasteiger partial charge in [0, 0.05) is 29.3 Å². The first-order valence-corrected chi connectivity index (χ1v) is 7.71. The van der Waals surface area contributed by atoms with E-state index in [-0.39, 0.29) is 12.2 Å². The smallest absolute Gasteiger partial charge is 0.303 e. The summed E-state index contributed by atoms with van der Waals surface area (Å²) in [5.41, 5.74) is 0.551. The van der Waals surface area contributed by atoms with Gasteiger partial charge < -0.3 is 14.6 Å². The molecule has 1 heterocycles. The summed E-state index contributed by atoms with van der Waals surface area (Å²) in [6.45, 7) is 1.17. The molecule has 0 aromatic heterocycles. The monoisotopic (exact) mass is 356 g/mol. The van der Waals surface area contributed by atoms with E-state index in [9.17, 15) is 9.59 Å². The van der Waals surface area contributed by atoms with Crippen molar-refractivity contribution in [2.75, 3.05) is 13.2 Å². The zero-order valence-electron chi connectivity index (χ0n) is 11.6. The minimum absolute atomic E-state index is 0.0251. The fourth-order valence-electron chi connectivity index (χ4n) is 2.09. The zero-order chi connectivity index (χ0) is 15.2. The number of Topliss-reactive ketones (excluding diaryl/α,β-unsaturated/α-hetero) is 1. The van der Waals surface area contributed by atoms with E-state index in [4.69, 9.17) is 14.6 Å². The van der Waals surface area contributed by atoms with Crippen molar-refractivity contribution < 1.29 is 24.2 Å². The van der Waals surface area contributed by atoms with Gasteiger partial charge in [-0.05, 0) is 40.9 Å². The van der Waals surface area contributed by atoms with Gasteiger partial charge in [0.2, 0.25) is 0 Å². The molecule has 1 aliphatic heterocycles. The highest BCUT2D eigenvalue weighted by Crippen LogP contribution is 2.35. The van der Waals surface area contributed by atoms with Gasteiger partial charge in [0.05, 0.1) is 13.2 Å². The van der Waals surface area contributed by atoms with Gasteiger partial charge in [0.15, 0.2) is 17.3 Å². The van der Waals surface area contributed by atoms with Crippen LogP contribution in [0, 0.1) is 0 Å². The Morgan fingerprint density at radius 2 is 1.71 bits per heavy atom. The fraction of sp³-hybridized carbons (Fsp3) is 0.467. The molecule has 0 aliphatic carbocycles. The lowest BCUT2D eigenvalue weighted by Crippen LogP contribution is -2.03. The molecule has 1 N–H and O–H groups in total. The minimum Gasteiger partial charge on any atom is -0.490 e. The quantitative estimate of drug-likeness (QED) is 0.624. The minimum atomic E-state index is -0.834. The van der Waals surface area contributed by atoms with Crippen molar-refractivity contribution in [3.8, 4) is 11.5 Å². The van der Waals surface area contributed by atoms with Crippen molar-refractivity contribution in [1.29, 1.82) is 0 Å². The standard InChI is InChI=1S/C15H17BrO5/c16-11-9-14-13(20-6-3-7-21-14)8-10(11)12(17)4-1-2-5-15(18)19/h8-9H,1-7H2,(H,18,19). The van der Waals surface area contributed by atoms with Crippen LogP contribution in [0.25, 0.3) is 0 Å². The second kappa shape index (κ2) is 7.45. The molecule has 0 unspecified atom stereocenters. The number of hydrogen-bond acceptors (Lipinski definition) is 4. The third-order valence-electron chi connectivity index (χ3n) is 3.18. The van der Waals surface area contributed by atoms with Crippen LogP contribution < -0.4 is 9.47 Å². The molecule has 0 atom stereocenters. The largest absolute Gasteiger partial charge is 0.490 e. The molecular formula is C15H17BrO5. The number of carbonyl (C=O) groups is 2. The third kappa shape index (κ3) is 4.46. The molecule has 6 heteroatoms. The Balaban J connectivity index is 2.03. The summed E-state index contributed by atoms with van der Waals surface area (Å²) >= 11 is 3.38. The van der Waals surface area contributed by atoms with Crippen LogP contribution in [-0.4, -0.2) is 30.1 Å². The fourth-order valence-corrected chi connectivity index (χ4v) is 2.64. The van der Waals surface area contributed by atoms with Crippen molar-refractivity contribution in [3.05, 3.63) is 22.2 Å². The summed E-state index contributed by atoms with van der Waals surface area (Å²) < 4.78 is 11.8. The van der Waals surface area contributed by atoms with E-state index in [1.807, 2.05) is 0 Å². The van der Waals surface area contributed by atoms with Crippen LogP contribution in [-0.2, 0) is 4.79 Å². The van der Waals surface area contributed by atoms with E-state index in [0.717, 1.165) is 6.42 Å². The highest BCUT2D eigenvalue weighted by molar-refractivity contribution is 9.10. The van der Waals surface area contributed by atoms with Crippen LogP contribution in [0.4, 0.5) is 0 Å². The molecule has 0 spiro atoms. The predicted octanol–water partition coefficient (Wildman–Crippen LogP) is 3.44. The summed E-state index contributed by atoms with van der Waals surface area (Å²) in [6.07, 6.45) is 2.29. The van der Waals surface area contributed by atoms with E-state index in [1.54, 1.807) is 12.1 Å². The maximum Gasteiger partial charge on any atom is 0.303 e. The summed E-state index contributed by atoms with van der Waals surface area (Å²) in [5.74, 6) is 0.369. The Bertz CT molecular complexity index is 541. The van der Waals surface area contributed by atoms with Gasteiger partial charge in [-0.1, -0.05) is 0 Å². The molecule has 0 saturated carbocycles. The van der Waals surface area contributed by atoms with Gasteiger partial charge in [-0.3, -0.25) is 9.59 Å². The van der Waals surface area contributed by atoms with Gasteiger partial charge >= 0.3 is 5.97 Å². The van der Waals surface area contributed by atoms with Crippen molar-refractivity contribution in [1.82, 2.24) is 0 Å². The van der Waals surface area contributed by atoms with E-state index in [2.05, 4.69) is 15.9 Å². The number of aliphatic carboxylic acids is 1. The molecule has 2 rings (SSSR count). The molecule has 1 aromatic carbocycles. The molecule has 5 nitrogen and oxygen atoms in total. The number of carboxylic acid groups (broad SMARTS) is 1. The lowest BCUT2D eigenvalue weighted by Gasteiger charge is -2.11. The topological polar surface area (TPSA) is 72.8 Å². The van der Waals surface area contributed by atoms with Gasteiger partial charge in [0.1, 0.15) is 0 Å². The average molecular weight is 357 g/mol. The van der Waals surface area contributed by atoms with Crippen LogP contribution in [0.5, 0.6) is 11.5 Å². The molecule has 114 valence electrons. The molecule has 0 saturated heterocycles. The Labute approximate surface area is 131 Å². The van der Waals surface area contributed by atoms with Crippen LogP contribution in [0.15, 0.2) is 16.6 Å². The number of hydrogen-bond donors (Lipinski definition) is 1. The van der Waals surface area contributed by atoms with Gasteiger partial charge in [-0.15, -0.1) is 0 Å². The lowest BCUT2D eigenvalue weighted by molar-refractivity contribution is -0.137. The normalized spacial score (nSPS) is 13.6. The molecule has 0 fully saturated rings. The Kier molecular flexibility index (Phi) is 5.61. The average Bonchev–Trinajstić information content (AvgIpc) is 2.67. The lowest BCUT2D eigenvalue weighted by atomic mass is 10.0.